The van der Waals surface area contributed by atoms with E-state index in [-0.39, 0.29) is 0 Å². The molecule has 4 N–H and O–H groups in total. The molecule has 43 heavy (non-hydrogen) atoms. The summed E-state index contributed by atoms with van der Waals surface area (Å²) in [6.07, 6.45) is 44.1. The molecule has 0 radical (unpaired) electrons. The van der Waals surface area contributed by atoms with Crippen molar-refractivity contribution in [2.45, 2.75) is 207 Å². The maximum absolute atomic E-state index is 10.0. The highest BCUT2D eigenvalue weighted by atomic mass is 31.2. The van der Waals surface area contributed by atoms with Gasteiger partial charge in [0.05, 0.1) is 30.6 Å². The Balaban J connectivity index is 0. The zero-order chi connectivity index (χ0) is 32.3. The predicted octanol–water partition coefficient (Wildman–Crippen LogP) is 10.6. The van der Waals surface area contributed by atoms with Crippen molar-refractivity contribution in [1.82, 2.24) is 0 Å². The summed E-state index contributed by atoms with van der Waals surface area (Å²) in [5.41, 5.74) is 10.3. The Labute approximate surface area is 272 Å². The molecule has 4 nitrogen and oxygen atoms in total. The van der Waals surface area contributed by atoms with Gasteiger partial charge < -0.3 is 21.4 Å². The van der Waals surface area contributed by atoms with Crippen LogP contribution in [0.25, 0.3) is 0 Å². The van der Waals surface area contributed by atoms with Crippen LogP contribution in [0, 0.1) is 0 Å². The molecule has 0 saturated heterocycles. The first-order chi connectivity index (χ1) is 20.9. The standard InChI is InChI=1S/C32H68P.C6H14N2O2/c1-5-9-13-17-18-19-20-21-22-23-24-28-32-33(29-25-14-10-6-2,30-26-15-11-7-3)31-27-16-12-8-4;7-4-2-1-3-5(8)6(9)10/h5-32H2,1-4H3;5H,1-4,7-8H2,(H,9,10)/q+1;/p-1/t;5-/m.0/s1. The Bertz CT molecular complexity index is 515. The second-order valence-electron chi connectivity index (χ2n) is 13.5. The van der Waals surface area contributed by atoms with Crippen molar-refractivity contribution in [3.63, 3.8) is 0 Å². The maximum Gasteiger partial charge on any atom is 0.0594 e. The molecule has 0 aliphatic rings. The highest BCUT2D eigenvalue weighted by Gasteiger charge is 2.34. The average Bonchev–Trinajstić information content (AvgIpc) is 3.00. The van der Waals surface area contributed by atoms with Crippen LogP contribution in [-0.2, 0) is 4.79 Å². The number of hydrogen-bond donors (Lipinski definition) is 2. The number of carbonyl (C=O) groups excluding carboxylic acids is 1. The largest absolute Gasteiger partial charge is 0.548 e. The molecule has 0 fully saturated rings. The van der Waals surface area contributed by atoms with Gasteiger partial charge in [0, 0.05) is 13.3 Å². The number of unbranched alkanes of at least 4 members (excludes halogenated alkanes) is 21. The molecule has 260 valence electrons. The Morgan fingerprint density at radius 2 is 0.767 bits per heavy atom. The quantitative estimate of drug-likeness (QED) is 0.0558. The molecule has 0 aromatic carbocycles. The fourth-order valence-corrected chi connectivity index (χ4v) is 11.1. The number of nitrogens with two attached hydrogens (primary N) is 2. The van der Waals surface area contributed by atoms with Gasteiger partial charge in [-0.05, 0) is 70.8 Å². The van der Waals surface area contributed by atoms with E-state index in [9.17, 15) is 9.90 Å². The highest BCUT2D eigenvalue weighted by molar-refractivity contribution is 7.75. The summed E-state index contributed by atoms with van der Waals surface area (Å²) < 4.78 is 0. The third kappa shape index (κ3) is 33.0. The molecule has 0 aromatic rings. The van der Waals surface area contributed by atoms with Gasteiger partial charge >= 0.3 is 0 Å². The van der Waals surface area contributed by atoms with Gasteiger partial charge in [0.2, 0.25) is 0 Å². The van der Waals surface area contributed by atoms with E-state index in [1.165, 1.54) is 128 Å². The second kappa shape index (κ2) is 36.3. The van der Waals surface area contributed by atoms with Crippen LogP contribution >= 0.6 is 7.26 Å². The number of hydrogen-bond acceptors (Lipinski definition) is 4. The van der Waals surface area contributed by atoms with Gasteiger partial charge in [0.15, 0.2) is 0 Å². The van der Waals surface area contributed by atoms with E-state index >= 15 is 0 Å². The van der Waals surface area contributed by atoms with Gasteiger partial charge in [-0.2, -0.15) is 0 Å². The third-order valence-electron chi connectivity index (χ3n) is 9.22. The van der Waals surface area contributed by atoms with Crippen LogP contribution in [0.2, 0.25) is 0 Å². The molecule has 0 heterocycles. The lowest BCUT2D eigenvalue weighted by Gasteiger charge is -2.28. The van der Waals surface area contributed by atoms with Crippen LogP contribution in [0.5, 0.6) is 0 Å². The van der Waals surface area contributed by atoms with Gasteiger partial charge in [0.25, 0.3) is 0 Å². The van der Waals surface area contributed by atoms with Crippen molar-refractivity contribution >= 4 is 13.2 Å². The fraction of sp³-hybridized carbons (Fsp3) is 0.974. The van der Waals surface area contributed by atoms with Crippen molar-refractivity contribution in [2.75, 3.05) is 31.2 Å². The SMILES string of the molecule is CCCCCCCCCCCCCC[P+](CCCCCC)(CCCCCC)CCCCCC.NCCCC[C@H](N)C(=O)[O-]. The van der Waals surface area contributed by atoms with Crippen LogP contribution < -0.4 is 16.6 Å². The Morgan fingerprint density at radius 1 is 0.488 bits per heavy atom. The first-order valence-corrected chi connectivity index (χ1v) is 22.0. The van der Waals surface area contributed by atoms with Crippen molar-refractivity contribution in [3.8, 4) is 0 Å². The molecule has 0 aliphatic heterocycles. The fourth-order valence-electron chi connectivity index (χ4n) is 6.21. The number of carbonyl (C=O) groups is 1. The number of aliphatic carboxylic acids is 1. The molecule has 0 aliphatic carbocycles. The van der Waals surface area contributed by atoms with Gasteiger partial charge in [-0.3, -0.25) is 0 Å². The summed E-state index contributed by atoms with van der Waals surface area (Å²) in [7, 11) is -0.697. The Kier molecular flexibility index (Phi) is 37.9. The highest BCUT2D eigenvalue weighted by Crippen LogP contribution is 2.61. The van der Waals surface area contributed by atoms with Crippen LogP contribution in [0.15, 0.2) is 0 Å². The molecule has 5 heteroatoms. The molecular weight excluding hydrogens is 547 g/mol. The smallest absolute Gasteiger partial charge is 0.0594 e. The van der Waals surface area contributed by atoms with E-state index in [4.69, 9.17) is 11.5 Å². The minimum Gasteiger partial charge on any atom is -0.548 e. The first-order valence-electron chi connectivity index (χ1n) is 19.4. The van der Waals surface area contributed by atoms with Gasteiger partial charge in [-0.15, -0.1) is 0 Å². The normalized spacial score (nSPS) is 12.2. The molecular formula is C38H81N2O2P. The van der Waals surface area contributed by atoms with E-state index in [2.05, 4.69) is 27.7 Å². The lowest BCUT2D eigenvalue weighted by molar-refractivity contribution is -0.307. The summed E-state index contributed by atoms with van der Waals surface area (Å²) in [5.74, 6) is -1.18. The van der Waals surface area contributed by atoms with E-state index in [1.807, 2.05) is 0 Å². The van der Waals surface area contributed by atoms with Crippen LogP contribution in [0.1, 0.15) is 201 Å². The van der Waals surface area contributed by atoms with E-state index < -0.39 is 19.3 Å². The van der Waals surface area contributed by atoms with Crippen LogP contribution in [0.4, 0.5) is 0 Å². The van der Waals surface area contributed by atoms with Crippen molar-refractivity contribution < 1.29 is 9.90 Å². The zero-order valence-corrected chi connectivity index (χ0v) is 31.0. The lowest BCUT2D eigenvalue weighted by Crippen LogP contribution is -2.41. The molecule has 0 bridgehead atoms. The summed E-state index contributed by atoms with van der Waals surface area (Å²) in [5, 5.41) is 10.0. The Morgan fingerprint density at radius 3 is 1.05 bits per heavy atom. The van der Waals surface area contributed by atoms with E-state index in [1.54, 1.807) is 50.3 Å². The van der Waals surface area contributed by atoms with Crippen LogP contribution in [0.3, 0.4) is 0 Å². The summed E-state index contributed by atoms with van der Waals surface area (Å²) in [6.45, 7) is 10.00. The average molecular weight is 629 g/mol. The van der Waals surface area contributed by atoms with Gasteiger partial charge in [-0.25, -0.2) is 0 Å². The number of carboxylic acid groups (broad SMARTS) is 1. The monoisotopic (exact) mass is 629 g/mol. The van der Waals surface area contributed by atoms with Crippen molar-refractivity contribution in [1.29, 1.82) is 0 Å². The number of carboxylic acids is 1. The predicted molar refractivity (Wildman–Crippen MR) is 196 cm³/mol. The molecule has 0 unspecified atom stereocenters. The first kappa shape index (κ1) is 44.9. The molecule has 0 spiro atoms. The summed E-state index contributed by atoms with van der Waals surface area (Å²) >= 11 is 0. The minimum atomic E-state index is -1.18. The van der Waals surface area contributed by atoms with Crippen molar-refractivity contribution in [2.24, 2.45) is 11.5 Å². The Hall–Kier alpha value is -0.180. The summed E-state index contributed by atoms with van der Waals surface area (Å²) in [6, 6.07) is -0.827. The lowest BCUT2D eigenvalue weighted by atomic mass is 10.1. The van der Waals surface area contributed by atoms with E-state index in [0.29, 0.717) is 13.0 Å². The second-order valence-corrected chi connectivity index (χ2v) is 18.0. The topological polar surface area (TPSA) is 92.2 Å². The third-order valence-corrected chi connectivity index (χ3v) is 14.3. The minimum absolute atomic E-state index is 0.458. The van der Waals surface area contributed by atoms with Gasteiger partial charge in [-0.1, -0.05) is 137 Å². The summed E-state index contributed by atoms with van der Waals surface area (Å²) in [4.78, 5) is 10.0. The van der Waals surface area contributed by atoms with Crippen LogP contribution in [-0.4, -0.2) is 43.2 Å². The molecule has 0 aromatic heterocycles. The van der Waals surface area contributed by atoms with E-state index in [0.717, 1.165) is 12.8 Å². The van der Waals surface area contributed by atoms with Gasteiger partial charge in [0.1, 0.15) is 0 Å². The number of rotatable bonds is 33. The molecule has 0 rings (SSSR count). The molecule has 0 saturated carbocycles. The molecule has 1 atom stereocenters. The zero-order valence-electron chi connectivity index (χ0n) is 30.1. The maximum atomic E-state index is 10.0. The van der Waals surface area contributed by atoms with Crippen molar-refractivity contribution in [3.05, 3.63) is 0 Å². The molecule has 0 amide bonds.